The maximum Gasteiger partial charge on any atom is 0.337 e. The number of nitrogens with zero attached hydrogens (tertiary/aromatic N) is 1. The number of carboxylic acids is 1. The van der Waals surface area contributed by atoms with E-state index in [1.165, 1.54) is 17.0 Å². The van der Waals surface area contributed by atoms with E-state index in [-0.39, 0.29) is 17.3 Å². The van der Waals surface area contributed by atoms with Crippen LogP contribution in [0.5, 0.6) is 0 Å². The first-order valence-corrected chi connectivity index (χ1v) is 6.47. The predicted molar refractivity (Wildman–Crippen MR) is 74.5 cm³/mol. The molecule has 0 bridgehead atoms. The van der Waals surface area contributed by atoms with Crippen molar-refractivity contribution in [3.8, 4) is 0 Å². The Morgan fingerprint density at radius 3 is 2.45 bits per heavy atom. The van der Waals surface area contributed by atoms with Crippen LogP contribution in [0.2, 0.25) is 0 Å². The Balaban J connectivity index is 2.99. The molecule has 0 aliphatic heterocycles. The van der Waals surface area contributed by atoms with Gasteiger partial charge >= 0.3 is 12.0 Å². The van der Waals surface area contributed by atoms with Crippen LogP contribution in [0.4, 0.5) is 14.9 Å². The van der Waals surface area contributed by atoms with E-state index in [0.717, 1.165) is 18.9 Å². The summed E-state index contributed by atoms with van der Waals surface area (Å²) in [6.45, 7) is 3.90. The molecule has 1 rings (SSSR count). The zero-order valence-electron chi connectivity index (χ0n) is 11.8. The van der Waals surface area contributed by atoms with Crippen molar-refractivity contribution in [1.82, 2.24) is 4.90 Å². The minimum absolute atomic E-state index is 0.0232. The third-order valence-corrected chi connectivity index (χ3v) is 3.29. The van der Waals surface area contributed by atoms with Gasteiger partial charge in [-0.2, -0.15) is 0 Å². The number of rotatable bonds is 5. The smallest absolute Gasteiger partial charge is 0.337 e. The maximum absolute atomic E-state index is 13.7. The number of carboxylic acid groups (broad SMARTS) is 1. The highest BCUT2D eigenvalue weighted by Crippen LogP contribution is 2.21. The SMILES string of the molecule is CCC(CC)N(C)C(=O)Nc1c(F)cccc1C(=O)O. The number of urea groups is 1. The minimum atomic E-state index is -1.29. The van der Waals surface area contributed by atoms with Crippen molar-refractivity contribution in [2.24, 2.45) is 0 Å². The number of hydrogen-bond donors (Lipinski definition) is 2. The van der Waals surface area contributed by atoms with Crippen LogP contribution in [0, 0.1) is 5.82 Å². The van der Waals surface area contributed by atoms with Gasteiger partial charge in [0.2, 0.25) is 0 Å². The molecule has 0 aliphatic carbocycles. The first-order valence-electron chi connectivity index (χ1n) is 6.47. The van der Waals surface area contributed by atoms with Gasteiger partial charge in [-0.05, 0) is 25.0 Å². The van der Waals surface area contributed by atoms with Gasteiger partial charge < -0.3 is 15.3 Å². The molecule has 0 atom stereocenters. The summed E-state index contributed by atoms with van der Waals surface area (Å²) in [5.74, 6) is -2.05. The van der Waals surface area contributed by atoms with Gasteiger partial charge in [-0.25, -0.2) is 14.0 Å². The molecular weight excluding hydrogens is 263 g/mol. The monoisotopic (exact) mass is 282 g/mol. The number of carbonyl (C=O) groups excluding carboxylic acids is 1. The molecule has 0 radical (unpaired) electrons. The van der Waals surface area contributed by atoms with Crippen molar-refractivity contribution in [3.63, 3.8) is 0 Å². The number of para-hydroxylation sites is 1. The van der Waals surface area contributed by atoms with E-state index in [1.54, 1.807) is 7.05 Å². The van der Waals surface area contributed by atoms with Crippen LogP contribution in [0.3, 0.4) is 0 Å². The van der Waals surface area contributed by atoms with Gasteiger partial charge in [-0.1, -0.05) is 19.9 Å². The zero-order chi connectivity index (χ0) is 15.3. The molecule has 1 aromatic rings. The Morgan fingerprint density at radius 1 is 1.35 bits per heavy atom. The van der Waals surface area contributed by atoms with Crippen molar-refractivity contribution < 1.29 is 19.1 Å². The summed E-state index contributed by atoms with van der Waals surface area (Å²) in [7, 11) is 1.61. The lowest BCUT2D eigenvalue weighted by Gasteiger charge is -2.26. The van der Waals surface area contributed by atoms with Crippen LogP contribution in [0.25, 0.3) is 0 Å². The van der Waals surface area contributed by atoms with Gasteiger partial charge in [-0.3, -0.25) is 0 Å². The lowest BCUT2D eigenvalue weighted by molar-refractivity contribution is 0.0697. The Hall–Kier alpha value is -2.11. The van der Waals surface area contributed by atoms with E-state index in [9.17, 15) is 14.0 Å². The Kier molecular flexibility index (Phi) is 5.49. The number of nitrogens with one attached hydrogen (secondary N) is 1. The number of carbonyl (C=O) groups is 2. The van der Waals surface area contributed by atoms with Gasteiger partial charge in [0.25, 0.3) is 0 Å². The highest BCUT2D eigenvalue weighted by molar-refractivity contribution is 6.00. The van der Waals surface area contributed by atoms with Gasteiger partial charge in [0.15, 0.2) is 0 Å². The fraction of sp³-hybridized carbons (Fsp3) is 0.429. The van der Waals surface area contributed by atoms with Crippen LogP contribution < -0.4 is 5.32 Å². The summed E-state index contributed by atoms with van der Waals surface area (Å²) in [5.41, 5.74) is -0.570. The van der Waals surface area contributed by atoms with Gasteiger partial charge in [0.05, 0.1) is 11.3 Å². The first kappa shape index (κ1) is 15.9. The highest BCUT2D eigenvalue weighted by Gasteiger charge is 2.21. The van der Waals surface area contributed by atoms with E-state index >= 15 is 0 Å². The lowest BCUT2D eigenvalue weighted by Crippen LogP contribution is -2.39. The van der Waals surface area contributed by atoms with Crippen LogP contribution in [0.1, 0.15) is 37.0 Å². The second-order valence-electron chi connectivity index (χ2n) is 4.48. The second kappa shape index (κ2) is 6.88. The molecule has 0 unspecified atom stereocenters. The molecule has 0 aliphatic rings. The average Bonchev–Trinajstić information content (AvgIpc) is 2.41. The van der Waals surface area contributed by atoms with Crippen LogP contribution in [-0.4, -0.2) is 35.1 Å². The number of amides is 2. The van der Waals surface area contributed by atoms with Gasteiger partial charge in [-0.15, -0.1) is 0 Å². The average molecular weight is 282 g/mol. The van der Waals surface area contributed by atoms with E-state index in [4.69, 9.17) is 5.11 Å². The molecular formula is C14H19FN2O3. The van der Waals surface area contributed by atoms with E-state index in [1.807, 2.05) is 13.8 Å². The number of anilines is 1. The molecule has 0 fully saturated rings. The molecule has 5 nitrogen and oxygen atoms in total. The van der Waals surface area contributed by atoms with Crippen LogP contribution in [0.15, 0.2) is 18.2 Å². The van der Waals surface area contributed by atoms with Crippen LogP contribution >= 0.6 is 0 Å². The molecule has 2 amide bonds. The molecule has 1 aromatic carbocycles. The Morgan fingerprint density at radius 2 is 1.95 bits per heavy atom. The second-order valence-corrected chi connectivity index (χ2v) is 4.48. The third kappa shape index (κ3) is 3.46. The molecule has 2 N–H and O–H groups in total. The van der Waals surface area contributed by atoms with Gasteiger partial charge in [0, 0.05) is 13.1 Å². The topological polar surface area (TPSA) is 69.6 Å². The summed E-state index contributed by atoms with van der Waals surface area (Å²) in [6.07, 6.45) is 1.53. The van der Waals surface area contributed by atoms with Crippen LogP contribution in [-0.2, 0) is 0 Å². The van der Waals surface area contributed by atoms with Crippen molar-refractivity contribution in [2.45, 2.75) is 32.7 Å². The van der Waals surface area contributed by atoms with E-state index in [0.29, 0.717) is 0 Å². The molecule has 110 valence electrons. The predicted octanol–water partition coefficient (Wildman–Crippen LogP) is 3.18. The summed E-state index contributed by atoms with van der Waals surface area (Å²) in [6, 6.07) is 3.15. The highest BCUT2D eigenvalue weighted by atomic mass is 19.1. The first-order chi connectivity index (χ1) is 9.42. The third-order valence-electron chi connectivity index (χ3n) is 3.29. The molecule has 20 heavy (non-hydrogen) atoms. The largest absolute Gasteiger partial charge is 0.478 e. The molecule has 0 saturated carbocycles. The number of aromatic carboxylic acids is 1. The van der Waals surface area contributed by atoms with E-state index < -0.39 is 17.8 Å². The molecule has 0 aromatic heterocycles. The molecule has 0 heterocycles. The number of benzene rings is 1. The normalized spacial score (nSPS) is 10.4. The van der Waals surface area contributed by atoms with Gasteiger partial charge in [0.1, 0.15) is 5.82 Å². The lowest BCUT2D eigenvalue weighted by atomic mass is 10.1. The summed E-state index contributed by atoms with van der Waals surface area (Å²) in [5, 5.41) is 11.4. The Labute approximate surface area is 117 Å². The summed E-state index contributed by atoms with van der Waals surface area (Å²) < 4.78 is 13.7. The molecule has 0 saturated heterocycles. The van der Waals surface area contributed by atoms with Crippen molar-refractivity contribution in [2.75, 3.05) is 12.4 Å². The Bertz CT molecular complexity index is 501. The summed E-state index contributed by atoms with van der Waals surface area (Å²) >= 11 is 0. The van der Waals surface area contributed by atoms with Crippen molar-refractivity contribution >= 4 is 17.7 Å². The fourth-order valence-corrected chi connectivity index (χ4v) is 2.03. The standard InChI is InChI=1S/C14H19FN2O3/c1-4-9(5-2)17(3)14(20)16-12-10(13(18)19)7-6-8-11(12)15/h6-9H,4-5H2,1-3H3,(H,16,20)(H,18,19). The minimum Gasteiger partial charge on any atom is -0.478 e. The van der Waals surface area contributed by atoms with Crippen molar-refractivity contribution in [3.05, 3.63) is 29.6 Å². The molecule has 0 spiro atoms. The van der Waals surface area contributed by atoms with E-state index in [2.05, 4.69) is 5.32 Å². The maximum atomic E-state index is 13.7. The number of halogens is 1. The quantitative estimate of drug-likeness (QED) is 0.871. The fourth-order valence-electron chi connectivity index (χ4n) is 2.03. The number of hydrogen-bond acceptors (Lipinski definition) is 2. The zero-order valence-corrected chi connectivity index (χ0v) is 11.8. The summed E-state index contributed by atoms with van der Waals surface area (Å²) in [4.78, 5) is 24.6. The molecule has 6 heteroatoms. The van der Waals surface area contributed by atoms with Crippen molar-refractivity contribution in [1.29, 1.82) is 0 Å².